The molecule has 0 aliphatic rings. The van der Waals surface area contributed by atoms with Gasteiger partial charge in [-0.3, -0.25) is 0 Å². The Morgan fingerprint density at radius 1 is 1.06 bits per heavy atom. The Kier molecular flexibility index (Phi) is 2.22. The van der Waals surface area contributed by atoms with Crippen LogP contribution in [-0.2, 0) is 6.42 Å². The number of aryl methyl sites for hydroxylation is 1. The van der Waals surface area contributed by atoms with E-state index in [4.69, 9.17) is 0 Å². The molecule has 0 atom stereocenters. The molecule has 0 saturated heterocycles. The maximum atomic E-state index is 9.98. The summed E-state index contributed by atoms with van der Waals surface area (Å²) in [5.41, 5.74) is 2.73. The zero-order valence-corrected chi connectivity index (χ0v) is 9.64. The number of aromatic hydroxyl groups is 1. The fourth-order valence-electron chi connectivity index (χ4n) is 2.14. The highest BCUT2D eigenvalue weighted by Gasteiger charge is 2.05. The molecule has 0 radical (unpaired) electrons. The first-order valence-corrected chi connectivity index (χ1v) is 5.79. The van der Waals surface area contributed by atoms with Crippen molar-refractivity contribution in [3.05, 3.63) is 48.0 Å². The number of fused-ring (bicyclic) bond motifs is 2. The third-order valence-electron chi connectivity index (χ3n) is 3.07. The fraction of sp³-hybridized carbons (Fsp3) is 0.133. The lowest BCUT2D eigenvalue weighted by Gasteiger charge is -2.05. The van der Waals surface area contributed by atoms with Crippen LogP contribution in [-0.4, -0.2) is 10.1 Å². The van der Waals surface area contributed by atoms with Gasteiger partial charge in [0, 0.05) is 10.8 Å². The molecule has 84 valence electrons. The standard InChI is InChI=1S/C15H13NO/c1-2-10-7-12-9-11-5-3-4-6-13(11)16-15(12)14(17)8-10/h3-9,17H,2H2,1H3. The van der Waals surface area contributed by atoms with Crippen molar-refractivity contribution in [3.63, 3.8) is 0 Å². The molecule has 3 aromatic rings. The summed E-state index contributed by atoms with van der Waals surface area (Å²) >= 11 is 0. The minimum Gasteiger partial charge on any atom is -0.506 e. The molecule has 0 aliphatic carbocycles. The quantitative estimate of drug-likeness (QED) is 0.639. The minimum absolute atomic E-state index is 0.269. The summed E-state index contributed by atoms with van der Waals surface area (Å²) in [5, 5.41) is 12.1. The zero-order valence-electron chi connectivity index (χ0n) is 9.64. The van der Waals surface area contributed by atoms with E-state index in [1.54, 1.807) is 6.07 Å². The number of hydrogen-bond acceptors (Lipinski definition) is 2. The number of nitrogens with zero attached hydrogens (tertiary/aromatic N) is 1. The number of pyridine rings is 1. The molecule has 2 aromatic carbocycles. The Balaban J connectivity index is 2.43. The second-order valence-corrected chi connectivity index (χ2v) is 4.22. The second-order valence-electron chi connectivity index (χ2n) is 4.22. The maximum Gasteiger partial charge on any atom is 0.142 e. The van der Waals surface area contributed by atoms with Gasteiger partial charge in [-0.05, 0) is 36.2 Å². The van der Waals surface area contributed by atoms with E-state index in [9.17, 15) is 5.11 Å². The van der Waals surface area contributed by atoms with Crippen molar-refractivity contribution >= 4 is 21.8 Å². The fourth-order valence-corrected chi connectivity index (χ4v) is 2.14. The molecule has 1 aromatic heterocycles. The van der Waals surface area contributed by atoms with Gasteiger partial charge in [0.1, 0.15) is 11.3 Å². The Labute approximate surface area is 99.5 Å². The number of benzene rings is 2. The first-order chi connectivity index (χ1) is 8.28. The molecule has 0 bridgehead atoms. The highest BCUT2D eigenvalue weighted by molar-refractivity contribution is 5.95. The van der Waals surface area contributed by atoms with Crippen molar-refractivity contribution in [2.75, 3.05) is 0 Å². The minimum atomic E-state index is 0.269. The van der Waals surface area contributed by atoms with E-state index in [2.05, 4.69) is 24.0 Å². The van der Waals surface area contributed by atoms with E-state index in [-0.39, 0.29) is 5.75 Å². The molecular weight excluding hydrogens is 210 g/mol. The number of phenols is 1. The van der Waals surface area contributed by atoms with Crippen LogP contribution in [0.3, 0.4) is 0 Å². The molecule has 1 heterocycles. The van der Waals surface area contributed by atoms with E-state index in [0.717, 1.165) is 28.3 Å². The lowest BCUT2D eigenvalue weighted by Crippen LogP contribution is -1.86. The average molecular weight is 223 g/mol. The van der Waals surface area contributed by atoms with Crippen LogP contribution >= 0.6 is 0 Å². The first kappa shape index (κ1) is 10.1. The normalized spacial score (nSPS) is 11.1. The monoisotopic (exact) mass is 223 g/mol. The van der Waals surface area contributed by atoms with Gasteiger partial charge in [0.2, 0.25) is 0 Å². The molecular formula is C15H13NO. The molecule has 2 heteroatoms. The summed E-state index contributed by atoms with van der Waals surface area (Å²) in [6, 6.07) is 13.9. The molecule has 0 fully saturated rings. The largest absolute Gasteiger partial charge is 0.506 e. The summed E-state index contributed by atoms with van der Waals surface area (Å²) in [5.74, 6) is 0.269. The summed E-state index contributed by atoms with van der Waals surface area (Å²) < 4.78 is 0. The van der Waals surface area contributed by atoms with Gasteiger partial charge in [-0.1, -0.05) is 25.1 Å². The molecule has 0 saturated carbocycles. The smallest absolute Gasteiger partial charge is 0.142 e. The predicted molar refractivity (Wildman–Crippen MR) is 70.3 cm³/mol. The van der Waals surface area contributed by atoms with Gasteiger partial charge in [0.05, 0.1) is 5.52 Å². The van der Waals surface area contributed by atoms with Gasteiger partial charge >= 0.3 is 0 Å². The summed E-state index contributed by atoms with van der Waals surface area (Å²) in [4.78, 5) is 4.50. The Bertz CT molecular complexity index is 704. The van der Waals surface area contributed by atoms with Crippen LogP contribution in [0.15, 0.2) is 42.5 Å². The molecule has 1 N–H and O–H groups in total. The number of rotatable bonds is 1. The number of hydrogen-bond donors (Lipinski definition) is 1. The van der Waals surface area contributed by atoms with Gasteiger partial charge in [-0.25, -0.2) is 4.98 Å². The van der Waals surface area contributed by atoms with Gasteiger partial charge in [-0.2, -0.15) is 0 Å². The Morgan fingerprint density at radius 3 is 2.71 bits per heavy atom. The van der Waals surface area contributed by atoms with Crippen molar-refractivity contribution in [1.82, 2.24) is 4.98 Å². The Hall–Kier alpha value is -2.09. The van der Waals surface area contributed by atoms with Gasteiger partial charge < -0.3 is 5.11 Å². The third kappa shape index (κ3) is 1.62. The maximum absolute atomic E-state index is 9.98. The lowest BCUT2D eigenvalue weighted by atomic mass is 10.1. The number of aromatic nitrogens is 1. The van der Waals surface area contributed by atoms with E-state index in [0.29, 0.717) is 5.52 Å². The highest BCUT2D eigenvalue weighted by Crippen LogP contribution is 2.28. The van der Waals surface area contributed by atoms with Crippen molar-refractivity contribution in [2.45, 2.75) is 13.3 Å². The van der Waals surface area contributed by atoms with Crippen LogP contribution in [0.4, 0.5) is 0 Å². The Morgan fingerprint density at radius 2 is 1.88 bits per heavy atom. The molecule has 0 aliphatic heterocycles. The molecule has 2 nitrogen and oxygen atoms in total. The molecule has 0 spiro atoms. The SMILES string of the molecule is CCc1cc(O)c2nc3ccccc3cc2c1. The zero-order chi connectivity index (χ0) is 11.8. The van der Waals surface area contributed by atoms with E-state index < -0.39 is 0 Å². The average Bonchev–Trinajstić information content (AvgIpc) is 2.36. The molecule has 0 unspecified atom stereocenters. The number of para-hydroxylation sites is 1. The topological polar surface area (TPSA) is 33.1 Å². The van der Waals surface area contributed by atoms with E-state index >= 15 is 0 Å². The van der Waals surface area contributed by atoms with Crippen LogP contribution < -0.4 is 0 Å². The van der Waals surface area contributed by atoms with Crippen molar-refractivity contribution in [1.29, 1.82) is 0 Å². The van der Waals surface area contributed by atoms with E-state index in [1.165, 1.54) is 0 Å². The molecule has 17 heavy (non-hydrogen) atoms. The summed E-state index contributed by atoms with van der Waals surface area (Å²) in [6.07, 6.45) is 0.913. The van der Waals surface area contributed by atoms with Gasteiger partial charge in [-0.15, -0.1) is 0 Å². The summed E-state index contributed by atoms with van der Waals surface area (Å²) in [6.45, 7) is 2.08. The van der Waals surface area contributed by atoms with Crippen LogP contribution in [0, 0.1) is 0 Å². The molecule has 0 amide bonds. The van der Waals surface area contributed by atoms with Crippen molar-refractivity contribution in [3.8, 4) is 5.75 Å². The predicted octanol–water partition coefficient (Wildman–Crippen LogP) is 3.66. The van der Waals surface area contributed by atoms with Gasteiger partial charge in [0.15, 0.2) is 0 Å². The number of phenolic OH excluding ortho intramolecular Hbond substituents is 1. The van der Waals surface area contributed by atoms with Crippen LogP contribution in [0.1, 0.15) is 12.5 Å². The third-order valence-corrected chi connectivity index (χ3v) is 3.07. The molecule has 3 rings (SSSR count). The van der Waals surface area contributed by atoms with Gasteiger partial charge in [0.25, 0.3) is 0 Å². The summed E-state index contributed by atoms with van der Waals surface area (Å²) in [7, 11) is 0. The lowest BCUT2D eigenvalue weighted by molar-refractivity contribution is 0.480. The van der Waals surface area contributed by atoms with Crippen LogP contribution in [0.5, 0.6) is 5.75 Å². The first-order valence-electron chi connectivity index (χ1n) is 5.79. The van der Waals surface area contributed by atoms with E-state index in [1.807, 2.05) is 24.3 Å². The van der Waals surface area contributed by atoms with Crippen LogP contribution in [0.25, 0.3) is 21.8 Å². The van der Waals surface area contributed by atoms with Crippen LogP contribution in [0.2, 0.25) is 0 Å². The van der Waals surface area contributed by atoms with Crippen molar-refractivity contribution in [2.24, 2.45) is 0 Å². The van der Waals surface area contributed by atoms with Crippen molar-refractivity contribution < 1.29 is 5.11 Å². The highest BCUT2D eigenvalue weighted by atomic mass is 16.3. The second kappa shape index (κ2) is 3.74.